The van der Waals surface area contributed by atoms with Crippen molar-refractivity contribution in [2.45, 2.75) is 77.9 Å². The number of rotatable bonds is 9. The molecule has 35 heavy (non-hydrogen) atoms. The Balaban J connectivity index is 2.45. The van der Waals surface area contributed by atoms with Gasteiger partial charge in [0.2, 0.25) is 0 Å². The van der Waals surface area contributed by atoms with Gasteiger partial charge in [-0.25, -0.2) is 4.79 Å². The molecular weight excluding hydrogens is 456 g/mol. The van der Waals surface area contributed by atoms with Crippen LogP contribution in [0.1, 0.15) is 66.7 Å². The topological polar surface area (TPSA) is 158 Å². The first-order chi connectivity index (χ1) is 16.1. The third kappa shape index (κ3) is 5.83. The minimum Gasteiger partial charge on any atom is -0.515 e. The number of allylic oxidation sites excluding steroid dienone is 1. The van der Waals surface area contributed by atoms with Crippen LogP contribution in [0.4, 0.5) is 0 Å². The predicted molar refractivity (Wildman–Crippen MR) is 126 cm³/mol. The van der Waals surface area contributed by atoms with E-state index in [1.54, 1.807) is 20.8 Å². The lowest BCUT2D eigenvalue weighted by Crippen LogP contribution is -2.68. The first-order valence-corrected chi connectivity index (χ1v) is 12.0. The van der Waals surface area contributed by atoms with Gasteiger partial charge in [0.15, 0.2) is 11.6 Å². The van der Waals surface area contributed by atoms with Gasteiger partial charge in [-0.15, -0.1) is 0 Å². The Morgan fingerprint density at radius 3 is 2.37 bits per heavy atom. The van der Waals surface area contributed by atoms with Crippen LogP contribution in [0, 0.1) is 29.1 Å². The summed E-state index contributed by atoms with van der Waals surface area (Å²) in [4.78, 5) is 50.1. The van der Waals surface area contributed by atoms with E-state index in [9.17, 15) is 34.5 Å². The van der Waals surface area contributed by atoms with Gasteiger partial charge in [-0.2, -0.15) is 0 Å². The number of hydrogen-bond acceptors (Lipinski definition) is 8. The molecule has 0 amide bonds. The van der Waals surface area contributed by atoms with Crippen LogP contribution in [0.5, 0.6) is 0 Å². The fraction of sp³-hybridized carbons (Fsp3) is 0.692. The number of ether oxygens (including phenoxy) is 1. The SMILES string of the molecule is CC[C@@H](COC(=O)C/C(C)=C/C(=O)O)[C@@H]1[C@](C)(C(=O)/C=C\O)[C@H]2CC[C@@](C)(O)C[C@@H]2C(=O)[C@@]1(C)O. The highest BCUT2D eigenvalue weighted by atomic mass is 16.5. The summed E-state index contributed by atoms with van der Waals surface area (Å²) in [6.45, 7) is 7.82. The number of aliphatic hydroxyl groups excluding tert-OH is 1. The van der Waals surface area contributed by atoms with E-state index in [0.717, 1.165) is 12.2 Å². The molecule has 0 aliphatic heterocycles. The summed E-state index contributed by atoms with van der Waals surface area (Å²) in [6.07, 6.45) is 3.61. The number of fused-ring (bicyclic) bond motifs is 1. The summed E-state index contributed by atoms with van der Waals surface area (Å²) in [5, 5.41) is 40.4. The van der Waals surface area contributed by atoms with E-state index in [-0.39, 0.29) is 19.4 Å². The summed E-state index contributed by atoms with van der Waals surface area (Å²) < 4.78 is 5.42. The fourth-order valence-electron chi connectivity index (χ4n) is 6.44. The van der Waals surface area contributed by atoms with Crippen LogP contribution in [0.2, 0.25) is 0 Å². The molecule has 2 fully saturated rings. The van der Waals surface area contributed by atoms with E-state index < -0.39 is 63.8 Å². The largest absolute Gasteiger partial charge is 0.515 e. The number of Topliss-reactive ketones (excluding diaryl/α,β-unsaturated/α-hetero) is 1. The Labute approximate surface area is 205 Å². The van der Waals surface area contributed by atoms with Gasteiger partial charge in [0.1, 0.15) is 5.60 Å². The van der Waals surface area contributed by atoms with Crippen LogP contribution >= 0.6 is 0 Å². The molecule has 0 bridgehead atoms. The van der Waals surface area contributed by atoms with E-state index in [4.69, 9.17) is 9.84 Å². The van der Waals surface area contributed by atoms with Crippen molar-refractivity contribution in [2.24, 2.45) is 29.1 Å². The van der Waals surface area contributed by atoms with E-state index in [2.05, 4.69) is 0 Å². The third-order valence-electron chi connectivity index (χ3n) is 8.00. The molecule has 2 aliphatic rings. The molecule has 2 rings (SSSR count). The molecule has 0 spiro atoms. The van der Waals surface area contributed by atoms with Gasteiger partial charge in [-0.3, -0.25) is 14.4 Å². The summed E-state index contributed by atoms with van der Waals surface area (Å²) in [5.41, 5.74) is -4.02. The molecule has 9 nitrogen and oxygen atoms in total. The van der Waals surface area contributed by atoms with Gasteiger partial charge in [-0.1, -0.05) is 19.4 Å². The zero-order chi connectivity index (χ0) is 26.8. The Hall–Kier alpha value is -2.52. The highest BCUT2D eigenvalue weighted by Crippen LogP contribution is 2.59. The molecule has 7 atom stereocenters. The van der Waals surface area contributed by atoms with Crippen LogP contribution in [-0.2, 0) is 23.9 Å². The average molecular weight is 495 g/mol. The lowest BCUT2D eigenvalue weighted by Gasteiger charge is -2.59. The maximum Gasteiger partial charge on any atom is 0.328 e. The first-order valence-electron chi connectivity index (χ1n) is 12.0. The lowest BCUT2D eigenvalue weighted by atomic mass is 9.44. The van der Waals surface area contributed by atoms with Crippen molar-refractivity contribution in [3.8, 4) is 0 Å². The second kappa shape index (κ2) is 10.6. The number of ketones is 2. The van der Waals surface area contributed by atoms with Crippen molar-refractivity contribution in [1.29, 1.82) is 0 Å². The summed E-state index contributed by atoms with van der Waals surface area (Å²) in [7, 11) is 0. The van der Waals surface area contributed by atoms with Gasteiger partial charge < -0.3 is 25.2 Å². The van der Waals surface area contributed by atoms with Gasteiger partial charge >= 0.3 is 11.9 Å². The fourth-order valence-corrected chi connectivity index (χ4v) is 6.44. The third-order valence-corrected chi connectivity index (χ3v) is 8.00. The average Bonchev–Trinajstić information content (AvgIpc) is 2.73. The van der Waals surface area contributed by atoms with E-state index in [0.29, 0.717) is 31.1 Å². The highest BCUT2D eigenvalue weighted by Gasteiger charge is 2.66. The smallest absolute Gasteiger partial charge is 0.328 e. The van der Waals surface area contributed by atoms with E-state index in [1.807, 2.05) is 0 Å². The van der Waals surface area contributed by atoms with Gasteiger partial charge in [0, 0.05) is 29.4 Å². The number of carboxylic acids is 1. The van der Waals surface area contributed by atoms with Crippen molar-refractivity contribution in [3.63, 3.8) is 0 Å². The maximum absolute atomic E-state index is 13.5. The van der Waals surface area contributed by atoms with Crippen molar-refractivity contribution < 1.29 is 44.3 Å². The molecule has 2 saturated carbocycles. The standard InChI is InChI=1S/C26H38O9/c1-6-16(14-35-21(31)12-15(2)11-20(29)30)22-25(4,19(28)8-10-27)18-7-9-24(3,33)13-17(18)23(32)26(22,5)34/h8,10-11,16-18,22,27,33-34H,6-7,9,12-14H2,1-5H3,(H,29,30)/b10-8-,15-11+/t16-,17-,18-,22+,24+,25-,26-/m0/s1. The van der Waals surface area contributed by atoms with Crippen molar-refractivity contribution >= 4 is 23.5 Å². The van der Waals surface area contributed by atoms with Crippen LogP contribution in [0.25, 0.3) is 0 Å². The molecule has 0 radical (unpaired) electrons. The molecule has 2 aliphatic carbocycles. The molecule has 0 aromatic carbocycles. The molecule has 0 heterocycles. The minimum absolute atomic E-state index is 0.117. The zero-order valence-electron chi connectivity index (χ0n) is 21.1. The second-order valence-corrected chi connectivity index (χ2v) is 10.8. The van der Waals surface area contributed by atoms with Crippen molar-refractivity contribution in [3.05, 3.63) is 24.0 Å². The Bertz CT molecular complexity index is 914. The van der Waals surface area contributed by atoms with Crippen LogP contribution in [0.15, 0.2) is 24.0 Å². The maximum atomic E-state index is 13.5. The van der Waals surface area contributed by atoms with Gasteiger partial charge in [-0.05, 0) is 58.3 Å². The van der Waals surface area contributed by atoms with Gasteiger partial charge in [0.25, 0.3) is 0 Å². The molecule has 0 aromatic rings. The quantitative estimate of drug-likeness (QED) is 0.215. The normalized spacial score (nSPS) is 36.5. The number of aliphatic hydroxyl groups is 3. The first kappa shape index (κ1) is 28.7. The van der Waals surface area contributed by atoms with Crippen LogP contribution < -0.4 is 0 Å². The Kier molecular flexibility index (Phi) is 8.71. The zero-order valence-corrected chi connectivity index (χ0v) is 21.1. The van der Waals surface area contributed by atoms with E-state index in [1.165, 1.54) is 13.8 Å². The molecule has 196 valence electrons. The molecule has 4 N–H and O–H groups in total. The molecule has 9 heteroatoms. The molecular formula is C26H38O9. The number of hydrogen-bond donors (Lipinski definition) is 4. The number of carbonyl (C=O) groups is 4. The van der Waals surface area contributed by atoms with E-state index >= 15 is 0 Å². The minimum atomic E-state index is -1.95. The van der Waals surface area contributed by atoms with Crippen molar-refractivity contribution in [2.75, 3.05) is 6.61 Å². The van der Waals surface area contributed by atoms with Gasteiger partial charge in [0.05, 0.1) is 24.9 Å². The Morgan fingerprint density at radius 1 is 1.20 bits per heavy atom. The van der Waals surface area contributed by atoms with Crippen LogP contribution in [-0.4, -0.2) is 61.7 Å². The number of carbonyl (C=O) groups excluding carboxylic acids is 3. The van der Waals surface area contributed by atoms with Crippen LogP contribution in [0.3, 0.4) is 0 Å². The number of aliphatic carboxylic acids is 1. The molecule has 0 aromatic heterocycles. The number of carboxylic acid groups (broad SMARTS) is 1. The second-order valence-electron chi connectivity index (χ2n) is 10.8. The summed E-state index contributed by atoms with van der Waals surface area (Å²) >= 11 is 0. The van der Waals surface area contributed by atoms with Crippen molar-refractivity contribution in [1.82, 2.24) is 0 Å². The Morgan fingerprint density at radius 2 is 1.83 bits per heavy atom. The summed E-state index contributed by atoms with van der Waals surface area (Å²) in [5.74, 6) is -5.45. The highest BCUT2D eigenvalue weighted by molar-refractivity contribution is 6.00. The summed E-state index contributed by atoms with van der Waals surface area (Å²) in [6, 6.07) is 0. The molecule has 0 unspecified atom stereocenters. The number of esters is 1. The predicted octanol–water partition coefficient (Wildman–Crippen LogP) is 2.74. The molecule has 0 saturated heterocycles. The lowest BCUT2D eigenvalue weighted by molar-refractivity contribution is -0.199. The monoisotopic (exact) mass is 494 g/mol.